The Morgan fingerprint density at radius 3 is 1.78 bits per heavy atom. The molecular weight excluding hydrogens is 232 g/mol. The second kappa shape index (κ2) is 15.9. The van der Waals surface area contributed by atoms with E-state index in [1.54, 1.807) is 0 Å². The zero-order valence-electron chi connectivity index (χ0n) is 12.2. The second-order valence-electron chi connectivity index (χ2n) is 3.69. The first-order valence-electron chi connectivity index (χ1n) is 6.73. The van der Waals surface area contributed by atoms with Gasteiger partial charge in [-0.25, -0.2) is 0 Å². The molecule has 18 heavy (non-hydrogen) atoms. The van der Waals surface area contributed by atoms with Gasteiger partial charge in [0.15, 0.2) is 0 Å². The third-order valence-electron chi connectivity index (χ3n) is 1.90. The average Bonchev–Trinajstić information content (AvgIpc) is 2.31. The Kier molecular flexibility index (Phi) is 17.0. The minimum Gasteiger partial charge on any atom is -0.362 e. The van der Waals surface area contributed by atoms with Crippen LogP contribution in [0.4, 0.5) is 0 Å². The van der Waals surface area contributed by atoms with Crippen LogP contribution in [0.25, 0.3) is 0 Å². The van der Waals surface area contributed by atoms with Crippen molar-refractivity contribution in [2.45, 2.75) is 53.4 Å². The summed E-state index contributed by atoms with van der Waals surface area (Å²) >= 11 is 0. The fraction of sp³-hybridized carbons (Fsp3) is 0.846. The number of hydrogen-bond donors (Lipinski definition) is 2. The summed E-state index contributed by atoms with van der Waals surface area (Å²) in [5.41, 5.74) is 0. The number of rotatable bonds is 8. The van der Waals surface area contributed by atoms with E-state index in [-0.39, 0.29) is 11.8 Å². The van der Waals surface area contributed by atoms with Gasteiger partial charge in [0.25, 0.3) is 0 Å². The van der Waals surface area contributed by atoms with Crippen molar-refractivity contribution in [1.29, 1.82) is 0 Å². The molecular formula is C13H28N2O3. The van der Waals surface area contributed by atoms with Gasteiger partial charge in [-0.3, -0.25) is 9.59 Å². The smallest absolute Gasteiger partial charge is 0.221 e. The average molecular weight is 260 g/mol. The molecule has 0 saturated heterocycles. The van der Waals surface area contributed by atoms with E-state index >= 15 is 0 Å². The van der Waals surface area contributed by atoms with Gasteiger partial charge in [0, 0.05) is 26.0 Å². The van der Waals surface area contributed by atoms with E-state index in [0.717, 1.165) is 19.4 Å². The lowest BCUT2D eigenvalue weighted by Gasteiger charge is -2.02. The molecule has 0 spiro atoms. The van der Waals surface area contributed by atoms with Crippen molar-refractivity contribution in [1.82, 2.24) is 10.6 Å². The van der Waals surface area contributed by atoms with Gasteiger partial charge in [-0.1, -0.05) is 13.8 Å². The minimum atomic E-state index is 0.0657. The predicted octanol–water partition coefficient (Wildman–Crippen LogP) is 1.82. The molecule has 0 aliphatic carbocycles. The molecule has 0 rings (SSSR count). The van der Waals surface area contributed by atoms with Gasteiger partial charge < -0.3 is 15.4 Å². The lowest BCUT2D eigenvalue weighted by molar-refractivity contribution is -0.123. The van der Waals surface area contributed by atoms with E-state index in [9.17, 15) is 9.59 Å². The molecule has 0 bridgehead atoms. The van der Waals surface area contributed by atoms with Crippen molar-refractivity contribution in [3.05, 3.63) is 0 Å². The molecule has 5 heteroatoms. The molecule has 5 nitrogen and oxygen atoms in total. The van der Waals surface area contributed by atoms with E-state index in [0.29, 0.717) is 26.2 Å². The molecule has 0 atom stereocenters. The molecule has 2 N–H and O–H groups in total. The SMILES string of the molecule is CCCC(=O)NCC.CCCC(=O)NCOCC. The first-order chi connectivity index (χ1) is 8.62. The van der Waals surface area contributed by atoms with Crippen molar-refractivity contribution < 1.29 is 14.3 Å². The number of carbonyl (C=O) groups is 2. The van der Waals surface area contributed by atoms with Crippen molar-refractivity contribution in [2.24, 2.45) is 0 Å². The summed E-state index contributed by atoms with van der Waals surface area (Å²) in [6.07, 6.45) is 3.07. The standard InChI is InChI=1S/C7H15NO2.C6H13NO/c1-3-5-7(9)8-6-10-4-2;1-3-5-6(8)7-4-2/h3-6H2,1-2H3,(H,8,9);3-5H2,1-2H3,(H,7,8). The highest BCUT2D eigenvalue weighted by Gasteiger charge is 1.95. The van der Waals surface area contributed by atoms with Crippen LogP contribution in [0.15, 0.2) is 0 Å². The maximum absolute atomic E-state index is 10.7. The predicted molar refractivity (Wildman–Crippen MR) is 73.1 cm³/mol. The van der Waals surface area contributed by atoms with Crippen LogP contribution in [0.5, 0.6) is 0 Å². The molecule has 108 valence electrons. The lowest BCUT2D eigenvalue weighted by Crippen LogP contribution is -2.25. The van der Waals surface area contributed by atoms with Gasteiger partial charge in [-0.15, -0.1) is 0 Å². The molecule has 0 saturated carbocycles. The monoisotopic (exact) mass is 260 g/mol. The molecule has 0 fully saturated rings. The third kappa shape index (κ3) is 17.3. The van der Waals surface area contributed by atoms with Crippen LogP contribution in [-0.2, 0) is 14.3 Å². The topological polar surface area (TPSA) is 67.4 Å². The van der Waals surface area contributed by atoms with E-state index in [2.05, 4.69) is 10.6 Å². The summed E-state index contributed by atoms with van der Waals surface area (Å²) in [5.74, 6) is 0.228. The lowest BCUT2D eigenvalue weighted by atomic mass is 10.3. The molecule has 0 heterocycles. The zero-order chi connectivity index (χ0) is 14.2. The summed E-state index contributed by atoms with van der Waals surface area (Å²) in [6, 6.07) is 0. The fourth-order valence-electron chi connectivity index (χ4n) is 1.06. The molecule has 0 aromatic carbocycles. The molecule has 0 aliphatic rings. The van der Waals surface area contributed by atoms with Gasteiger partial charge in [0.2, 0.25) is 11.8 Å². The van der Waals surface area contributed by atoms with E-state index in [1.807, 2.05) is 27.7 Å². The number of nitrogens with one attached hydrogen (secondary N) is 2. The molecule has 0 aromatic rings. The summed E-state index contributed by atoms with van der Waals surface area (Å²) in [5, 5.41) is 5.33. The molecule has 0 radical (unpaired) electrons. The highest BCUT2D eigenvalue weighted by molar-refractivity contribution is 5.75. The maximum Gasteiger partial charge on any atom is 0.221 e. The third-order valence-corrected chi connectivity index (χ3v) is 1.90. The fourth-order valence-corrected chi connectivity index (χ4v) is 1.06. The first kappa shape index (κ1) is 19.2. The van der Waals surface area contributed by atoms with E-state index < -0.39 is 0 Å². The molecule has 0 unspecified atom stereocenters. The normalized spacial score (nSPS) is 9.11. The molecule has 0 aromatic heterocycles. The Morgan fingerprint density at radius 1 is 0.889 bits per heavy atom. The van der Waals surface area contributed by atoms with Crippen LogP contribution in [-0.4, -0.2) is 31.7 Å². The highest BCUT2D eigenvalue weighted by atomic mass is 16.5. The van der Waals surface area contributed by atoms with Crippen molar-refractivity contribution in [3.8, 4) is 0 Å². The highest BCUT2D eigenvalue weighted by Crippen LogP contribution is 1.84. The maximum atomic E-state index is 10.7. The van der Waals surface area contributed by atoms with Gasteiger partial charge in [-0.2, -0.15) is 0 Å². The van der Waals surface area contributed by atoms with E-state index in [4.69, 9.17) is 4.74 Å². The summed E-state index contributed by atoms with van der Waals surface area (Å²) in [6.45, 7) is 9.52. The Bertz CT molecular complexity index is 200. The Labute approximate surface area is 111 Å². The zero-order valence-corrected chi connectivity index (χ0v) is 12.2. The number of ether oxygens (including phenoxy) is 1. The summed E-state index contributed by atoms with van der Waals surface area (Å²) in [4.78, 5) is 21.3. The van der Waals surface area contributed by atoms with Crippen LogP contribution in [0.3, 0.4) is 0 Å². The number of carbonyl (C=O) groups excluding carboxylic acids is 2. The summed E-state index contributed by atoms with van der Waals surface area (Å²) in [7, 11) is 0. The Morgan fingerprint density at radius 2 is 1.39 bits per heavy atom. The van der Waals surface area contributed by atoms with Crippen LogP contribution in [0.2, 0.25) is 0 Å². The molecule has 0 aliphatic heterocycles. The van der Waals surface area contributed by atoms with Crippen molar-refractivity contribution >= 4 is 11.8 Å². The Hall–Kier alpha value is -1.10. The van der Waals surface area contributed by atoms with E-state index in [1.165, 1.54) is 0 Å². The number of amides is 2. The Balaban J connectivity index is 0. The van der Waals surface area contributed by atoms with Crippen molar-refractivity contribution in [2.75, 3.05) is 19.9 Å². The minimum absolute atomic E-state index is 0.0657. The van der Waals surface area contributed by atoms with Crippen LogP contribution < -0.4 is 10.6 Å². The van der Waals surface area contributed by atoms with Crippen LogP contribution >= 0.6 is 0 Å². The summed E-state index contributed by atoms with van der Waals surface area (Å²) < 4.78 is 4.92. The largest absolute Gasteiger partial charge is 0.362 e. The van der Waals surface area contributed by atoms with Crippen LogP contribution in [0, 0.1) is 0 Å². The molecule has 2 amide bonds. The van der Waals surface area contributed by atoms with Crippen molar-refractivity contribution in [3.63, 3.8) is 0 Å². The number of hydrogen-bond acceptors (Lipinski definition) is 3. The van der Waals surface area contributed by atoms with Gasteiger partial charge in [0.05, 0.1) is 0 Å². The van der Waals surface area contributed by atoms with Gasteiger partial charge in [-0.05, 0) is 26.7 Å². The van der Waals surface area contributed by atoms with Gasteiger partial charge in [0.1, 0.15) is 6.73 Å². The van der Waals surface area contributed by atoms with Gasteiger partial charge >= 0.3 is 0 Å². The van der Waals surface area contributed by atoms with Crippen LogP contribution in [0.1, 0.15) is 53.4 Å². The second-order valence-corrected chi connectivity index (χ2v) is 3.69. The first-order valence-corrected chi connectivity index (χ1v) is 6.73. The quantitative estimate of drug-likeness (QED) is 0.517.